The number of amides is 1. The van der Waals surface area contributed by atoms with Gasteiger partial charge in [0.1, 0.15) is 5.75 Å². The van der Waals surface area contributed by atoms with Gasteiger partial charge in [-0.3, -0.25) is 9.52 Å². The van der Waals surface area contributed by atoms with Gasteiger partial charge < -0.3 is 20.2 Å². The van der Waals surface area contributed by atoms with Crippen molar-refractivity contribution in [1.29, 1.82) is 0 Å². The van der Waals surface area contributed by atoms with Crippen LogP contribution in [-0.4, -0.2) is 46.1 Å². The second-order valence-electron chi connectivity index (χ2n) is 13.9. The summed E-state index contributed by atoms with van der Waals surface area (Å²) in [6.07, 6.45) is 1.68. The van der Waals surface area contributed by atoms with Crippen LogP contribution in [0, 0.1) is 0 Å². The van der Waals surface area contributed by atoms with E-state index in [0.29, 0.717) is 25.9 Å². The van der Waals surface area contributed by atoms with Gasteiger partial charge in [0.05, 0.1) is 24.5 Å². The van der Waals surface area contributed by atoms with Crippen molar-refractivity contribution in [3.05, 3.63) is 93.5 Å². The van der Waals surface area contributed by atoms with Crippen molar-refractivity contribution in [3.63, 3.8) is 0 Å². The standard InChI is InChI=1S/C34H48BrN3O5SSi/c1-33(2,3)45(7,8)43-31(27-14-17-30(39)29(20-27)38-44(6,41)42)23-37-34(4,5)21-26-11-9-10-25(18-26)19-32(40)36-22-24-12-15-28(35)16-13-24/h9-18,20,31,37-39H,19,21-23H2,1-8H3,(H,36,40)/t31-/m0/s1. The molecule has 1 atom stereocenters. The molecular formula is C34H48BrN3O5SSi. The minimum absolute atomic E-state index is 0.0308. The van der Waals surface area contributed by atoms with Crippen LogP contribution in [0.15, 0.2) is 71.2 Å². The fraction of sp³-hybridized carbons (Fsp3) is 0.441. The molecule has 0 aliphatic rings. The van der Waals surface area contributed by atoms with Crippen molar-refractivity contribution in [3.8, 4) is 5.75 Å². The first-order chi connectivity index (χ1) is 20.7. The third-order valence-electron chi connectivity index (χ3n) is 8.10. The van der Waals surface area contributed by atoms with E-state index in [4.69, 9.17) is 4.43 Å². The van der Waals surface area contributed by atoms with Gasteiger partial charge in [0.2, 0.25) is 15.9 Å². The fourth-order valence-electron chi connectivity index (χ4n) is 4.64. The first-order valence-electron chi connectivity index (χ1n) is 15.1. The summed E-state index contributed by atoms with van der Waals surface area (Å²) in [5.41, 5.74) is 3.66. The quantitative estimate of drug-likeness (QED) is 0.105. The van der Waals surface area contributed by atoms with Crippen LogP contribution in [0.3, 0.4) is 0 Å². The zero-order chi connectivity index (χ0) is 33.6. The molecule has 0 saturated heterocycles. The molecule has 0 heterocycles. The Kier molecular flexibility index (Phi) is 12.1. The Labute approximate surface area is 278 Å². The second kappa shape index (κ2) is 14.8. The van der Waals surface area contributed by atoms with E-state index in [1.54, 1.807) is 12.1 Å². The predicted octanol–water partition coefficient (Wildman–Crippen LogP) is 7.06. The third-order valence-corrected chi connectivity index (χ3v) is 13.7. The Bertz CT molecular complexity index is 1570. The van der Waals surface area contributed by atoms with Gasteiger partial charge in [-0.2, -0.15) is 0 Å². The summed E-state index contributed by atoms with van der Waals surface area (Å²) in [5.74, 6) is -0.179. The van der Waals surface area contributed by atoms with Crippen molar-refractivity contribution >= 4 is 45.9 Å². The van der Waals surface area contributed by atoms with E-state index in [0.717, 1.165) is 33.0 Å². The van der Waals surface area contributed by atoms with Crippen LogP contribution < -0.4 is 15.4 Å². The molecule has 0 unspecified atom stereocenters. The first kappa shape index (κ1) is 36.8. The van der Waals surface area contributed by atoms with Crippen LogP contribution in [0.25, 0.3) is 0 Å². The summed E-state index contributed by atoms with van der Waals surface area (Å²) < 4.78 is 34.1. The molecule has 3 rings (SSSR count). The molecule has 246 valence electrons. The molecule has 45 heavy (non-hydrogen) atoms. The van der Waals surface area contributed by atoms with Gasteiger partial charge in [-0.1, -0.05) is 79.2 Å². The SMILES string of the molecule is CC(C)(Cc1cccc(CC(=O)NCc2ccc(Br)cc2)c1)NC[C@H](O[Si](C)(C)C(C)(C)C)c1ccc(O)c(NS(C)(=O)=O)c1. The minimum atomic E-state index is -3.58. The maximum absolute atomic E-state index is 12.7. The van der Waals surface area contributed by atoms with E-state index >= 15 is 0 Å². The molecule has 0 fully saturated rings. The lowest BCUT2D eigenvalue weighted by Crippen LogP contribution is -2.47. The van der Waals surface area contributed by atoms with Crippen LogP contribution >= 0.6 is 15.9 Å². The van der Waals surface area contributed by atoms with Gasteiger partial charge in [-0.25, -0.2) is 8.42 Å². The van der Waals surface area contributed by atoms with E-state index < -0.39 is 18.3 Å². The summed E-state index contributed by atoms with van der Waals surface area (Å²) in [6, 6.07) is 20.9. The number of rotatable bonds is 14. The molecule has 11 heteroatoms. The number of phenolic OH excluding ortho intramolecular Hbond substituents is 1. The van der Waals surface area contributed by atoms with Gasteiger partial charge in [-0.05, 0) is 84.9 Å². The van der Waals surface area contributed by atoms with Crippen molar-refractivity contribution in [2.75, 3.05) is 17.5 Å². The molecule has 8 nitrogen and oxygen atoms in total. The molecular weight excluding hydrogens is 670 g/mol. The molecule has 0 bridgehead atoms. The maximum atomic E-state index is 12.7. The smallest absolute Gasteiger partial charge is 0.229 e. The van der Waals surface area contributed by atoms with E-state index in [1.165, 1.54) is 6.07 Å². The number of sulfonamides is 1. The molecule has 0 aliphatic heterocycles. The van der Waals surface area contributed by atoms with Crippen LogP contribution in [0.4, 0.5) is 5.69 Å². The highest BCUT2D eigenvalue weighted by molar-refractivity contribution is 9.10. The molecule has 1 amide bonds. The zero-order valence-corrected chi connectivity index (χ0v) is 31.0. The van der Waals surface area contributed by atoms with Crippen molar-refractivity contribution in [1.82, 2.24) is 10.6 Å². The third kappa shape index (κ3) is 11.9. The first-order valence-corrected chi connectivity index (χ1v) is 20.6. The molecule has 3 aromatic rings. The average molecular weight is 719 g/mol. The molecule has 0 spiro atoms. The van der Waals surface area contributed by atoms with Gasteiger partial charge in [0.25, 0.3) is 0 Å². The maximum Gasteiger partial charge on any atom is 0.229 e. The highest BCUT2D eigenvalue weighted by Crippen LogP contribution is 2.40. The van der Waals surface area contributed by atoms with Gasteiger partial charge in [0.15, 0.2) is 8.32 Å². The summed E-state index contributed by atoms with van der Waals surface area (Å²) >= 11 is 3.43. The monoisotopic (exact) mass is 717 g/mol. The molecule has 4 N–H and O–H groups in total. The van der Waals surface area contributed by atoms with Crippen molar-refractivity contribution in [2.45, 2.75) is 83.8 Å². The Morgan fingerprint density at radius 1 is 0.956 bits per heavy atom. The van der Waals surface area contributed by atoms with Gasteiger partial charge in [0, 0.05) is 23.1 Å². The highest BCUT2D eigenvalue weighted by Gasteiger charge is 2.40. The van der Waals surface area contributed by atoms with Gasteiger partial charge >= 0.3 is 0 Å². The number of halogens is 1. The molecule has 0 aliphatic carbocycles. The van der Waals surface area contributed by atoms with Crippen LogP contribution in [0.1, 0.15) is 63.0 Å². The largest absolute Gasteiger partial charge is 0.506 e. The number of hydrogen-bond donors (Lipinski definition) is 4. The topological polar surface area (TPSA) is 117 Å². The van der Waals surface area contributed by atoms with Crippen LogP contribution in [-0.2, 0) is 38.6 Å². The van der Waals surface area contributed by atoms with E-state index in [2.05, 4.69) is 91.1 Å². The zero-order valence-electron chi connectivity index (χ0n) is 27.6. The Morgan fingerprint density at radius 3 is 2.22 bits per heavy atom. The lowest BCUT2D eigenvalue weighted by Gasteiger charge is -2.40. The number of aromatic hydroxyl groups is 1. The molecule has 0 saturated carbocycles. The Balaban J connectivity index is 1.72. The summed E-state index contributed by atoms with van der Waals surface area (Å²) in [6.45, 7) is 16.1. The highest BCUT2D eigenvalue weighted by atomic mass is 79.9. The van der Waals surface area contributed by atoms with Crippen molar-refractivity contribution in [2.24, 2.45) is 0 Å². The Hall–Kier alpha value is -2.70. The second-order valence-corrected chi connectivity index (χ2v) is 21.3. The number of carbonyl (C=O) groups is 1. The number of phenols is 1. The van der Waals surface area contributed by atoms with E-state index in [1.807, 2.05) is 36.4 Å². The number of benzene rings is 3. The summed E-state index contributed by atoms with van der Waals surface area (Å²) in [4.78, 5) is 12.7. The van der Waals surface area contributed by atoms with E-state index in [9.17, 15) is 18.3 Å². The molecule has 0 radical (unpaired) electrons. The van der Waals surface area contributed by atoms with Crippen LogP contribution in [0.5, 0.6) is 5.75 Å². The molecule has 0 aromatic heterocycles. The lowest BCUT2D eigenvalue weighted by atomic mass is 9.93. The van der Waals surface area contributed by atoms with E-state index in [-0.39, 0.29) is 34.0 Å². The number of nitrogens with one attached hydrogen (secondary N) is 3. The number of carbonyl (C=O) groups excluding carboxylic acids is 1. The average Bonchev–Trinajstić information content (AvgIpc) is 2.90. The van der Waals surface area contributed by atoms with Gasteiger partial charge in [-0.15, -0.1) is 0 Å². The predicted molar refractivity (Wildman–Crippen MR) is 190 cm³/mol. The minimum Gasteiger partial charge on any atom is -0.506 e. The normalized spacial score (nSPS) is 13.4. The van der Waals surface area contributed by atoms with Crippen molar-refractivity contribution < 1.29 is 22.7 Å². The Morgan fingerprint density at radius 2 is 1.60 bits per heavy atom. The fourth-order valence-corrected chi connectivity index (χ4v) is 6.75. The van der Waals surface area contributed by atoms with Crippen LogP contribution in [0.2, 0.25) is 18.1 Å². The summed E-state index contributed by atoms with van der Waals surface area (Å²) in [7, 11) is -5.82. The lowest BCUT2D eigenvalue weighted by molar-refractivity contribution is -0.120. The molecule has 3 aromatic carbocycles. The number of hydrogen-bond acceptors (Lipinski definition) is 6. The summed E-state index contributed by atoms with van der Waals surface area (Å²) in [5, 5.41) is 17.0. The number of anilines is 1.